The summed E-state index contributed by atoms with van der Waals surface area (Å²) in [6.07, 6.45) is 0. The molecule has 0 atom stereocenters. The van der Waals surface area contributed by atoms with Crippen LogP contribution in [-0.4, -0.2) is 5.10 Å². The van der Waals surface area contributed by atoms with Crippen molar-refractivity contribution in [3.63, 3.8) is 0 Å². The second-order valence-corrected chi connectivity index (χ2v) is 49.1. The molecule has 11 heterocycles. The first-order chi connectivity index (χ1) is 11.4. The van der Waals surface area contributed by atoms with Crippen molar-refractivity contribution in [2.75, 3.05) is 5.73 Å². The van der Waals surface area contributed by atoms with Gasteiger partial charge in [0.1, 0.15) is 0 Å². The van der Waals surface area contributed by atoms with Gasteiger partial charge in [0.2, 0.25) is 5.10 Å². The summed E-state index contributed by atoms with van der Waals surface area (Å²) in [7, 11) is -2.63. The Hall–Kier alpha value is -1.40. The van der Waals surface area contributed by atoms with Crippen molar-refractivity contribution in [1.29, 1.82) is 0 Å². The van der Waals surface area contributed by atoms with Crippen LogP contribution in [0.1, 0.15) is 0 Å². The number of anilines is 1. The zero-order chi connectivity index (χ0) is 15.5. The van der Waals surface area contributed by atoms with Gasteiger partial charge in [0.15, 0.2) is 5.52 Å². The number of nitrogens with two attached hydrogens (primary N) is 1. The molecule has 10 fully saturated rings. The number of aromatic nitrogens is 3. The van der Waals surface area contributed by atoms with Crippen LogP contribution in [-0.2, 0) is 8.89 Å². The molecule has 12 rings (SSSR count). The van der Waals surface area contributed by atoms with Gasteiger partial charge in [0.25, 0.3) is 5.52 Å². The summed E-state index contributed by atoms with van der Waals surface area (Å²) in [5.41, 5.74) is 5.62. The molecular weight excluding hydrogens is 340 g/mol. The van der Waals surface area contributed by atoms with E-state index in [4.69, 9.17) is 5.73 Å². The molecule has 1 spiro atoms. The number of hydrogen-bond donors (Lipinski definition) is 1. The van der Waals surface area contributed by atoms with Crippen LogP contribution in [0.4, 0.5) is 5.95 Å². The maximum absolute atomic E-state index is 11.3. The summed E-state index contributed by atoms with van der Waals surface area (Å²) in [6.45, 7) is 0. The van der Waals surface area contributed by atoms with Gasteiger partial charge < -0.3 is 10.4 Å². The Balaban J connectivity index is 0.0000000797. The fraction of sp³-hybridized carbons (Fsp3) is 0.588. The van der Waals surface area contributed by atoms with E-state index in [1.807, 2.05) is 0 Å². The van der Waals surface area contributed by atoms with Gasteiger partial charge in [-0.3, -0.25) is 5.73 Å². The van der Waals surface area contributed by atoms with Gasteiger partial charge in [-0.15, -0.1) is 0 Å². The second-order valence-electron chi connectivity index (χ2n) is 15.3. The molecule has 1 aromatic carbocycles. The Labute approximate surface area is 123 Å². The molecule has 10 saturated heterocycles. The van der Waals surface area contributed by atoms with Gasteiger partial charge >= 0.3 is 57.1 Å². The SMILES string of the molecule is Nc1n[n+]([O-])c2ccccc2[n+]1[O-].[CH]12[CH]3[CH]4[CH]5[CH]1[Ti]23451678[CH]2[CH]1[CH]6[CH]7[CH]28. The number of para-hydroxylation sites is 2. The standard InChI is InChI=1S/C7H6N4O2.2C5H5.Ti/c8-7-9-11(13)6-4-2-1-3-5(6)10(7)12;2*1-2-4-5-3-1;/h1-4H,(H2,8,9);2*1-5H;. The number of benzene rings is 1. The van der Waals surface area contributed by atoms with Crippen LogP contribution < -0.4 is 15.3 Å². The van der Waals surface area contributed by atoms with Gasteiger partial charge in [-0.2, -0.15) is 0 Å². The molecular formula is C17H16N4O2Ti. The molecule has 1 aromatic heterocycles. The molecule has 24 heavy (non-hydrogen) atoms. The first-order valence-electron chi connectivity index (χ1n) is 9.80. The second kappa shape index (κ2) is 1.05. The molecule has 0 amide bonds. The zero-order valence-electron chi connectivity index (χ0n) is 12.8. The molecule has 120 valence electrons. The Bertz CT molecular complexity index is 1280. The van der Waals surface area contributed by atoms with E-state index in [9.17, 15) is 10.4 Å². The summed E-state index contributed by atoms with van der Waals surface area (Å²) in [5.74, 6) is -0.353. The topological polar surface area (TPSA) is 92.8 Å². The number of nitrogen functional groups attached to an aromatic ring is 1. The monoisotopic (exact) mass is 356 g/mol. The fourth-order valence-electron chi connectivity index (χ4n) is 24.3. The van der Waals surface area contributed by atoms with Crippen molar-refractivity contribution >= 4 is 17.0 Å². The Morgan fingerprint density at radius 1 is 0.792 bits per heavy atom. The Kier molecular flexibility index (Phi) is 0.433. The molecule has 2 N–H and O–H groups in total. The van der Waals surface area contributed by atoms with E-state index in [1.165, 1.54) is 12.1 Å². The van der Waals surface area contributed by atoms with Crippen molar-refractivity contribution < 1.29 is 18.5 Å². The van der Waals surface area contributed by atoms with Crippen molar-refractivity contribution in [3.8, 4) is 0 Å². The van der Waals surface area contributed by atoms with E-state index in [-0.39, 0.29) is 17.0 Å². The molecule has 0 radical (unpaired) electrons. The summed E-state index contributed by atoms with van der Waals surface area (Å²) < 4.78 is 16.6. The number of rotatable bonds is 0. The third kappa shape index (κ3) is 0.156. The molecule has 0 saturated carbocycles. The predicted molar refractivity (Wildman–Crippen MR) is 81.6 cm³/mol. The predicted octanol–water partition coefficient (Wildman–Crippen LogP) is 2.46. The van der Waals surface area contributed by atoms with E-state index in [0.29, 0.717) is 9.58 Å². The summed E-state index contributed by atoms with van der Waals surface area (Å²) in [5, 5.41) is 25.7. The van der Waals surface area contributed by atoms with E-state index in [2.05, 4.69) is 5.10 Å². The van der Waals surface area contributed by atoms with E-state index in [0.717, 1.165) is 0 Å². The average molecular weight is 356 g/mol. The quantitative estimate of drug-likeness (QED) is 0.446. The first kappa shape index (κ1) is 9.92. The van der Waals surface area contributed by atoms with Crippen LogP contribution in [0.2, 0.25) is 42.2 Å². The van der Waals surface area contributed by atoms with Gasteiger partial charge in [-0.1, -0.05) is 12.1 Å². The number of hydrogen-bond acceptors (Lipinski definition) is 4. The van der Waals surface area contributed by atoms with Gasteiger partial charge in [0, 0.05) is 10.9 Å². The minimum atomic E-state index is -2.63. The van der Waals surface area contributed by atoms with Crippen LogP contribution in [0.25, 0.3) is 11.0 Å². The molecule has 2 aromatic rings. The van der Waals surface area contributed by atoms with Gasteiger partial charge in [-0.25, -0.2) is 4.73 Å². The molecule has 0 aliphatic carbocycles. The molecule has 6 nitrogen and oxygen atoms in total. The van der Waals surface area contributed by atoms with E-state index >= 15 is 0 Å². The Morgan fingerprint density at radius 2 is 1.21 bits per heavy atom. The number of fused-ring (bicyclic) bond motifs is 11. The molecule has 7 heteroatoms. The van der Waals surface area contributed by atoms with Crippen LogP contribution in [0.3, 0.4) is 0 Å². The third-order valence-corrected chi connectivity index (χ3v) is 81.1. The van der Waals surface area contributed by atoms with Crippen LogP contribution in [0, 0.1) is 10.4 Å². The van der Waals surface area contributed by atoms with E-state index < -0.39 is 8.89 Å². The normalized spacial score (nSPS) is 84.0. The van der Waals surface area contributed by atoms with Crippen LogP contribution in [0.5, 0.6) is 0 Å². The van der Waals surface area contributed by atoms with Crippen LogP contribution in [0.15, 0.2) is 24.3 Å². The maximum atomic E-state index is 11.3. The van der Waals surface area contributed by atoms with Crippen LogP contribution >= 0.6 is 0 Å². The summed E-state index contributed by atoms with van der Waals surface area (Å²) >= 11 is 0. The van der Waals surface area contributed by atoms with E-state index in [1.54, 1.807) is 54.4 Å². The molecule has 10 aliphatic heterocycles. The van der Waals surface area contributed by atoms with Crippen molar-refractivity contribution in [2.24, 2.45) is 0 Å². The fourth-order valence-corrected chi connectivity index (χ4v) is 144. The number of nitrogens with zero attached hydrogens (tertiary/aromatic N) is 3. The Morgan fingerprint density at radius 3 is 1.58 bits per heavy atom. The van der Waals surface area contributed by atoms with Crippen molar-refractivity contribution in [1.82, 2.24) is 5.10 Å². The summed E-state index contributed by atoms with van der Waals surface area (Å²) in [4.78, 5) is 0.332. The zero-order valence-corrected chi connectivity index (χ0v) is 14.4. The molecule has 10 aliphatic rings. The van der Waals surface area contributed by atoms with Gasteiger partial charge in [0.05, 0.1) is 0 Å². The first-order valence-corrected chi connectivity index (χ1v) is 18.8. The average Bonchev–Trinajstić information content (AvgIpc) is 3.53. The molecule has 0 unspecified atom stereocenters. The van der Waals surface area contributed by atoms with Gasteiger partial charge in [-0.05, 0) is 6.07 Å². The van der Waals surface area contributed by atoms with Crippen molar-refractivity contribution in [3.05, 3.63) is 34.7 Å². The minimum absolute atomic E-state index is 0.201. The summed E-state index contributed by atoms with van der Waals surface area (Å²) in [6, 6.07) is 6.31. The molecule has 0 bridgehead atoms. The van der Waals surface area contributed by atoms with Crippen molar-refractivity contribution in [2.45, 2.75) is 42.2 Å². The third-order valence-electron chi connectivity index (χ3n) is 21.8.